The zero-order valence-electron chi connectivity index (χ0n) is 10.2. The summed E-state index contributed by atoms with van der Waals surface area (Å²) in [5, 5.41) is 1.92. The average Bonchev–Trinajstić information content (AvgIpc) is 2.80. The quantitative estimate of drug-likeness (QED) is 0.872. The molecule has 5 nitrogen and oxygen atoms in total. The summed E-state index contributed by atoms with van der Waals surface area (Å²) in [5.41, 5.74) is 5.27. The molecule has 2 aromatic rings. The summed E-state index contributed by atoms with van der Waals surface area (Å²) in [6, 6.07) is 9.61. The number of nitrogens with two attached hydrogens (primary N) is 1. The minimum Gasteiger partial charge on any atom is -0.369 e. The molecule has 2 N–H and O–H groups in total. The number of fused-ring (bicyclic) bond motifs is 1. The van der Waals surface area contributed by atoms with Gasteiger partial charge in [0, 0.05) is 24.5 Å². The minimum absolute atomic E-state index is 0.104. The van der Waals surface area contributed by atoms with Crippen LogP contribution in [0.1, 0.15) is 6.42 Å². The van der Waals surface area contributed by atoms with Crippen LogP contribution in [0.4, 0.5) is 5.82 Å². The van der Waals surface area contributed by atoms with Gasteiger partial charge in [0.2, 0.25) is 11.8 Å². The molecule has 1 saturated heterocycles. The van der Waals surface area contributed by atoms with Crippen LogP contribution in [0.25, 0.3) is 10.8 Å². The molecule has 0 spiro atoms. The van der Waals surface area contributed by atoms with Gasteiger partial charge in [0.25, 0.3) is 0 Å². The monoisotopic (exact) mass is 255 g/mol. The number of primary amides is 1. The minimum atomic E-state index is -0.434. The number of hydrogen-bond donors (Lipinski definition) is 1. The first kappa shape index (κ1) is 11.6. The lowest BCUT2D eigenvalue weighted by Crippen LogP contribution is -2.29. The van der Waals surface area contributed by atoms with Gasteiger partial charge in [0.1, 0.15) is 5.82 Å². The highest BCUT2D eigenvalue weighted by molar-refractivity contribution is 6.05. The van der Waals surface area contributed by atoms with Crippen molar-refractivity contribution in [3.8, 4) is 0 Å². The Morgan fingerprint density at radius 1 is 1.32 bits per heavy atom. The van der Waals surface area contributed by atoms with Gasteiger partial charge in [-0.3, -0.25) is 14.5 Å². The number of carbonyl (C=O) groups is 2. The SMILES string of the molecule is NC(=O)C1CC(=O)N(c2nccc3ccccc23)C1. The third-order valence-electron chi connectivity index (χ3n) is 3.44. The number of nitrogens with zero attached hydrogens (tertiary/aromatic N) is 2. The molecule has 3 rings (SSSR count). The van der Waals surface area contributed by atoms with Gasteiger partial charge in [-0.25, -0.2) is 4.98 Å². The van der Waals surface area contributed by atoms with Crippen molar-refractivity contribution in [3.63, 3.8) is 0 Å². The Labute approximate surface area is 110 Å². The van der Waals surface area contributed by atoms with Gasteiger partial charge in [0.15, 0.2) is 0 Å². The number of benzene rings is 1. The van der Waals surface area contributed by atoms with Crippen molar-refractivity contribution in [3.05, 3.63) is 36.5 Å². The first-order chi connectivity index (χ1) is 9.16. The van der Waals surface area contributed by atoms with Gasteiger partial charge in [0.05, 0.1) is 5.92 Å². The second kappa shape index (κ2) is 4.35. The highest BCUT2D eigenvalue weighted by Crippen LogP contribution is 2.29. The fourth-order valence-corrected chi connectivity index (χ4v) is 2.42. The van der Waals surface area contributed by atoms with E-state index in [0.717, 1.165) is 10.8 Å². The topological polar surface area (TPSA) is 76.3 Å². The molecule has 5 heteroatoms. The Morgan fingerprint density at radius 3 is 2.84 bits per heavy atom. The van der Waals surface area contributed by atoms with Gasteiger partial charge >= 0.3 is 0 Å². The molecule has 1 atom stereocenters. The van der Waals surface area contributed by atoms with Crippen molar-refractivity contribution in [2.24, 2.45) is 11.7 Å². The van der Waals surface area contributed by atoms with Crippen molar-refractivity contribution in [2.45, 2.75) is 6.42 Å². The maximum absolute atomic E-state index is 12.0. The number of rotatable bonds is 2. The fraction of sp³-hybridized carbons (Fsp3) is 0.214. The molecule has 0 saturated carbocycles. The number of anilines is 1. The van der Waals surface area contributed by atoms with Crippen LogP contribution in [0.5, 0.6) is 0 Å². The van der Waals surface area contributed by atoms with Crippen molar-refractivity contribution in [1.82, 2.24) is 4.98 Å². The van der Waals surface area contributed by atoms with E-state index in [9.17, 15) is 9.59 Å². The number of hydrogen-bond acceptors (Lipinski definition) is 3. The first-order valence-electron chi connectivity index (χ1n) is 6.10. The van der Waals surface area contributed by atoms with Crippen molar-refractivity contribution < 1.29 is 9.59 Å². The summed E-state index contributed by atoms with van der Waals surface area (Å²) in [7, 11) is 0. The molecule has 2 amide bonds. The second-order valence-corrected chi connectivity index (χ2v) is 4.66. The van der Waals surface area contributed by atoms with Gasteiger partial charge in [-0.05, 0) is 11.5 Å². The van der Waals surface area contributed by atoms with E-state index in [1.165, 1.54) is 0 Å². The first-order valence-corrected chi connectivity index (χ1v) is 6.10. The Morgan fingerprint density at radius 2 is 2.11 bits per heavy atom. The summed E-state index contributed by atoms with van der Waals surface area (Å²) in [5.74, 6) is -0.358. The van der Waals surface area contributed by atoms with E-state index in [0.29, 0.717) is 12.4 Å². The van der Waals surface area contributed by atoms with Crippen molar-refractivity contribution >= 4 is 28.4 Å². The Hall–Kier alpha value is -2.43. The highest BCUT2D eigenvalue weighted by Gasteiger charge is 2.35. The molecule has 19 heavy (non-hydrogen) atoms. The van der Waals surface area contributed by atoms with Crippen LogP contribution in [0.3, 0.4) is 0 Å². The number of amides is 2. The maximum Gasteiger partial charge on any atom is 0.229 e. The highest BCUT2D eigenvalue weighted by atomic mass is 16.2. The molecule has 96 valence electrons. The van der Waals surface area contributed by atoms with E-state index in [1.807, 2.05) is 30.3 Å². The van der Waals surface area contributed by atoms with Crippen LogP contribution < -0.4 is 10.6 Å². The summed E-state index contributed by atoms with van der Waals surface area (Å²) in [6.45, 7) is 0.315. The van der Waals surface area contributed by atoms with E-state index >= 15 is 0 Å². The van der Waals surface area contributed by atoms with Crippen LogP contribution in [-0.2, 0) is 9.59 Å². The van der Waals surface area contributed by atoms with Gasteiger partial charge in [-0.15, -0.1) is 0 Å². The molecule has 1 aliphatic rings. The summed E-state index contributed by atoms with van der Waals surface area (Å²) >= 11 is 0. The second-order valence-electron chi connectivity index (χ2n) is 4.66. The third-order valence-corrected chi connectivity index (χ3v) is 3.44. The largest absolute Gasteiger partial charge is 0.369 e. The van der Waals surface area contributed by atoms with E-state index in [2.05, 4.69) is 4.98 Å². The van der Waals surface area contributed by atoms with E-state index < -0.39 is 11.8 Å². The van der Waals surface area contributed by atoms with E-state index in [1.54, 1.807) is 11.1 Å². The van der Waals surface area contributed by atoms with Crippen LogP contribution in [0, 0.1) is 5.92 Å². The lowest BCUT2D eigenvalue weighted by atomic mass is 10.1. The Bertz CT molecular complexity index is 663. The Kier molecular flexibility index (Phi) is 2.67. The van der Waals surface area contributed by atoms with E-state index in [4.69, 9.17) is 5.73 Å². The molecular formula is C14H13N3O2. The molecule has 1 aromatic heterocycles. The molecule has 1 aliphatic heterocycles. The fourth-order valence-electron chi connectivity index (χ4n) is 2.42. The normalized spacial score (nSPS) is 19.1. The standard InChI is InChI=1S/C14H13N3O2/c15-13(19)10-7-12(18)17(8-10)14-11-4-2-1-3-9(11)5-6-16-14/h1-6,10H,7-8H2,(H2,15,19). The van der Waals surface area contributed by atoms with Gasteiger partial charge in [-0.1, -0.05) is 24.3 Å². The summed E-state index contributed by atoms with van der Waals surface area (Å²) in [6.07, 6.45) is 1.84. The van der Waals surface area contributed by atoms with Crippen LogP contribution in [0.15, 0.2) is 36.5 Å². The number of carbonyl (C=O) groups excluding carboxylic acids is 2. The Balaban J connectivity index is 2.05. The zero-order chi connectivity index (χ0) is 13.4. The summed E-state index contributed by atoms with van der Waals surface area (Å²) < 4.78 is 0. The molecule has 1 unspecified atom stereocenters. The lowest BCUT2D eigenvalue weighted by molar-refractivity contribution is -0.123. The molecule has 0 aliphatic carbocycles. The van der Waals surface area contributed by atoms with Gasteiger partial charge in [-0.2, -0.15) is 0 Å². The summed E-state index contributed by atoms with van der Waals surface area (Å²) in [4.78, 5) is 29.1. The molecule has 0 radical (unpaired) electrons. The molecular weight excluding hydrogens is 242 g/mol. The smallest absolute Gasteiger partial charge is 0.229 e. The van der Waals surface area contributed by atoms with Gasteiger partial charge < -0.3 is 5.73 Å². The average molecular weight is 255 g/mol. The van der Waals surface area contributed by atoms with E-state index in [-0.39, 0.29) is 12.3 Å². The van der Waals surface area contributed by atoms with Crippen molar-refractivity contribution in [2.75, 3.05) is 11.4 Å². The van der Waals surface area contributed by atoms with Crippen LogP contribution in [0.2, 0.25) is 0 Å². The predicted octanol–water partition coefficient (Wildman–Crippen LogP) is 1.07. The third kappa shape index (κ3) is 1.93. The van der Waals surface area contributed by atoms with Crippen molar-refractivity contribution in [1.29, 1.82) is 0 Å². The van der Waals surface area contributed by atoms with Crippen LogP contribution >= 0.6 is 0 Å². The molecule has 0 bridgehead atoms. The maximum atomic E-state index is 12.0. The molecule has 1 aromatic carbocycles. The number of aromatic nitrogens is 1. The molecule has 2 heterocycles. The predicted molar refractivity (Wildman–Crippen MR) is 71.4 cm³/mol. The lowest BCUT2D eigenvalue weighted by Gasteiger charge is -2.17. The number of pyridine rings is 1. The zero-order valence-corrected chi connectivity index (χ0v) is 10.2. The molecule has 1 fully saturated rings. The van der Waals surface area contributed by atoms with Crippen LogP contribution in [-0.4, -0.2) is 23.3 Å².